The number of nitrogens with zero attached hydrogens (tertiary/aromatic N) is 4. The highest BCUT2D eigenvalue weighted by atomic mass is 79.9. The molecule has 2 N–H and O–H groups in total. The Bertz CT molecular complexity index is 1480. The summed E-state index contributed by atoms with van der Waals surface area (Å²) in [5.74, 6) is 1.000. The summed E-state index contributed by atoms with van der Waals surface area (Å²) >= 11 is 0. The van der Waals surface area contributed by atoms with Crippen LogP contribution in [0.1, 0.15) is 58.3 Å². The highest BCUT2D eigenvalue weighted by molar-refractivity contribution is 8.93. The van der Waals surface area contributed by atoms with Crippen LogP contribution in [-0.4, -0.2) is 24.8 Å². The third kappa shape index (κ3) is 6.44. The highest BCUT2D eigenvalue weighted by Crippen LogP contribution is 2.34. The Hall–Kier alpha value is -3.39. The molecular formula is C32H35BrN6. The van der Waals surface area contributed by atoms with E-state index in [4.69, 9.17) is 9.97 Å². The van der Waals surface area contributed by atoms with Gasteiger partial charge in [-0.1, -0.05) is 48.5 Å². The van der Waals surface area contributed by atoms with Crippen molar-refractivity contribution in [2.24, 2.45) is 0 Å². The average Bonchev–Trinajstić information content (AvgIpc) is 3.37. The Balaban J connectivity index is 0.00000308. The van der Waals surface area contributed by atoms with Crippen LogP contribution in [0.3, 0.4) is 0 Å². The van der Waals surface area contributed by atoms with E-state index in [2.05, 4.69) is 87.8 Å². The van der Waals surface area contributed by atoms with Crippen LogP contribution in [0.25, 0.3) is 11.0 Å². The molecule has 0 spiro atoms. The molecule has 0 radical (unpaired) electrons. The van der Waals surface area contributed by atoms with E-state index in [1.807, 2.05) is 24.5 Å². The number of benzene rings is 2. The number of halogens is 1. The van der Waals surface area contributed by atoms with Crippen LogP contribution in [0.4, 0.5) is 0 Å². The zero-order valence-corrected chi connectivity index (χ0v) is 24.0. The third-order valence-corrected chi connectivity index (χ3v) is 7.55. The first kappa shape index (κ1) is 27.2. The predicted molar refractivity (Wildman–Crippen MR) is 162 cm³/mol. The first-order valence-electron chi connectivity index (χ1n) is 13.5. The number of aryl methyl sites for hydroxylation is 2. The second-order valence-corrected chi connectivity index (χ2v) is 10.2. The number of imidazole rings is 1. The van der Waals surface area contributed by atoms with Gasteiger partial charge in [0.15, 0.2) is 0 Å². The molecule has 1 aliphatic rings. The normalized spacial score (nSPS) is 14.8. The SMILES string of the molecule is Br.Cc1cccnc1CNCc1ccc(CN(Cc2nc3ccccc3[nH]2)C2CCCc3cccnc32)cc1. The number of pyridine rings is 2. The van der Waals surface area contributed by atoms with Gasteiger partial charge < -0.3 is 10.3 Å². The number of H-pyrrole nitrogens is 1. The van der Waals surface area contributed by atoms with Gasteiger partial charge in [-0.15, -0.1) is 17.0 Å². The fourth-order valence-electron chi connectivity index (χ4n) is 5.52. The standard InChI is InChI=1S/C32H34N6.BrH/c1-23-7-5-17-34-29(23)20-33-19-24-13-15-25(16-14-24)21-38(22-31-36-27-10-2-3-11-28(27)37-31)30-12-4-8-26-9-6-18-35-32(26)30;/h2-3,5-7,9-11,13-18,30,33H,4,8,12,19-22H2,1H3,(H,36,37);1H. The lowest BCUT2D eigenvalue weighted by atomic mass is 9.90. The van der Waals surface area contributed by atoms with Gasteiger partial charge >= 0.3 is 0 Å². The molecule has 0 amide bonds. The van der Waals surface area contributed by atoms with Crippen molar-refractivity contribution in [3.05, 3.63) is 125 Å². The molecule has 0 fully saturated rings. The van der Waals surface area contributed by atoms with Gasteiger partial charge in [-0.25, -0.2) is 4.98 Å². The van der Waals surface area contributed by atoms with E-state index < -0.39 is 0 Å². The van der Waals surface area contributed by atoms with E-state index in [9.17, 15) is 0 Å². The van der Waals surface area contributed by atoms with Crippen molar-refractivity contribution in [2.45, 2.75) is 58.4 Å². The summed E-state index contributed by atoms with van der Waals surface area (Å²) in [6.07, 6.45) is 7.19. The minimum Gasteiger partial charge on any atom is -0.341 e. The van der Waals surface area contributed by atoms with Crippen molar-refractivity contribution in [3.63, 3.8) is 0 Å². The lowest BCUT2D eigenvalue weighted by Crippen LogP contribution is -2.31. The van der Waals surface area contributed by atoms with Gasteiger partial charge in [-0.05, 0) is 72.7 Å². The maximum atomic E-state index is 4.89. The van der Waals surface area contributed by atoms with Crippen LogP contribution >= 0.6 is 17.0 Å². The molecule has 3 heterocycles. The Labute approximate surface area is 240 Å². The number of nitrogens with one attached hydrogen (secondary N) is 2. The summed E-state index contributed by atoms with van der Waals surface area (Å²) in [6.45, 7) is 5.30. The molecule has 0 saturated carbocycles. The van der Waals surface area contributed by atoms with E-state index in [-0.39, 0.29) is 23.0 Å². The van der Waals surface area contributed by atoms with Crippen molar-refractivity contribution in [1.29, 1.82) is 0 Å². The molecule has 6 rings (SSSR count). The molecular weight excluding hydrogens is 548 g/mol. The van der Waals surface area contributed by atoms with Crippen molar-refractivity contribution < 1.29 is 0 Å². The summed E-state index contributed by atoms with van der Waals surface area (Å²) in [5.41, 5.74) is 9.60. The molecule has 200 valence electrons. The van der Waals surface area contributed by atoms with Crippen molar-refractivity contribution in [3.8, 4) is 0 Å². The van der Waals surface area contributed by atoms with E-state index >= 15 is 0 Å². The summed E-state index contributed by atoms with van der Waals surface area (Å²) in [5, 5.41) is 3.53. The quantitative estimate of drug-likeness (QED) is 0.205. The van der Waals surface area contributed by atoms with Crippen LogP contribution in [-0.2, 0) is 32.6 Å². The fraction of sp³-hybridized carbons (Fsp3) is 0.281. The number of para-hydroxylation sites is 2. The molecule has 1 atom stereocenters. The maximum absolute atomic E-state index is 4.89. The maximum Gasteiger partial charge on any atom is 0.121 e. The minimum atomic E-state index is 0. The van der Waals surface area contributed by atoms with E-state index in [0.717, 1.165) is 61.6 Å². The summed E-state index contributed by atoms with van der Waals surface area (Å²) in [4.78, 5) is 20.3. The molecule has 1 aliphatic carbocycles. The van der Waals surface area contributed by atoms with Crippen LogP contribution in [0.15, 0.2) is 85.2 Å². The van der Waals surface area contributed by atoms with Gasteiger partial charge in [0.2, 0.25) is 0 Å². The largest absolute Gasteiger partial charge is 0.341 e. The van der Waals surface area contributed by atoms with Crippen LogP contribution < -0.4 is 5.32 Å². The molecule has 3 aromatic heterocycles. The van der Waals surface area contributed by atoms with Crippen LogP contribution in [0, 0.1) is 6.92 Å². The first-order chi connectivity index (χ1) is 18.7. The fourth-order valence-corrected chi connectivity index (χ4v) is 5.52. The lowest BCUT2D eigenvalue weighted by molar-refractivity contribution is 0.153. The van der Waals surface area contributed by atoms with Gasteiger partial charge in [0.1, 0.15) is 5.82 Å². The average molecular weight is 584 g/mol. The first-order valence-corrected chi connectivity index (χ1v) is 13.5. The molecule has 1 unspecified atom stereocenters. The molecule has 7 heteroatoms. The summed E-state index contributed by atoms with van der Waals surface area (Å²) < 4.78 is 0. The third-order valence-electron chi connectivity index (χ3n) is 7.55. The number of rotatable bonds is 9. The monoisotopic (exact) mass is 582 g/mol. The number of hydrogen-bond donors (Lipinski definition) is 2. The zero-order chi connectivity index (χ0) is 25.7. The smallest absolute Gasteiger partial charge is 0.121 e. The zero-order valence-electron chi connectivity index (χ0n) is 22.3. The van der Waals surface area contributed by atoms with Crippen molar-refractivity contribution in [1.82, 2.24) is 30.2 Å². The number of aromatic nitrogens is 4. The molecule has 5 aromatic rings. The van der Waals surface area contributed by atoms with E-state index in [0.29, 0.717) is 0 Å². The van der Waals surface area contributed by atoms with E-state index in [1.54, 1.807) is 0 Å². The van der Waals surface area contributed by atoms with Crippen LogP contribution in [0.2, 0.25) is 0 Å². The van der Waals surface area contributed by atoms with Gasteiger partial charge in [-0.3, -0.25) is 14.9 Å². The lowest BCUT2D eigenvalue weighted by Gasteiger charge is -2.34. The molecule has 0 aliphatic heterocycles. The van der Waals surface area contributed by atoms with Crippen LogP contribution in [0.5, 0.6) is 0 Å². The topological polar surface area (TPSA) is 69.7 Å². The van der Waals surface area contributed by atoms with Gasteiger partial charge in [0.05, 0.1) is 35.0 Å². The Morgan fingerprint density at radius 3 is 2.51 bits per heavy atom. The molecule has 2 aromatic carbocycles. The summed E-state index contributed by atoms with van der Waals surface area (Å²) in [7, 11) is 0. The van der Waals surface area contributed by atoms with Gasteiger partial charge in [0.25, 0.3) is 0 Å². The van der Waals surface area contributed by atoms with Gasteiger partial charge in [-0.2, -0.15) is 0 Å². The Morgan fingerprint density at radius 1 is 0.872 bits per heavy atom. The highest BCUT2D eigenvalue weighted by Gasteiger charge is 2.28. The molecule has 39 heavy (non-hydrogen) atoms. The van der Waals surface area contributed by atoms with Gasteiger partial charge in [0, 0.05) is 32.0 Å². The summed E-state index contributed by atoms with van der Waals surface area (Å²) in [6, 6.07) is 25.9. The molecule has 0 bridgehead atoms. The van der Waals surface area contributed by atoms with E-state index in [1.165, 1.54) is 34.4 Å². The van der Waals surface area contributed by atoms with Crippen molar-refractivity contribution >= 4 is 28.0 Å². The number of aromatic amines is 1. The molecule has 6 nitrogen and oxygen atoms in total. The molecule has 0 saturated heterocycles. The predicted octanol–water partition coefficient (Wildman–Crippen LogP) is 6.61. The number of hydrogen-bond acceptors (Lipinski definition) is 5. The minimum absolute atomic E-state index is 0. The second kappa shape index (κ2) is 12.6. The van der Waals surface area contributed by atoms with Crippen molar-refractivity contribution in [2.75, 3.05) is 0 Å². The Kier molecular flexibility index (Phi) is 8.81. The second-order valence-electron chi connectivity index (χ2n) is 10.2. The number of fused-ring (bicyclic) bond motifs is 2. The Morgan fingerprint density at radius 2 is 1.67 bits per heavy atom.